The van der Waals surface area contributed by atoms with Crippen molar-refractivity contribution in [2.24, 2.45) is 11.7 Å². The molecule has 23 heavy (non-hydrogen) atoms. The predicted octanol–water partition coefficient (Wildman–Crippen LogP) is 3.75. The van der Waals surface area contributed by atoms with E-state index in [9.17, 15) is 4.79 Å². The fourth-order valence-electron chi connectivity index (χ4n) is 3.27. The van der Waals surface area contributed by atoms with Crippen molar-refractivity contribution in [2.45, 2.75) is 36.8 Å². The molecule has 1 aromatic carbocycles. The number of piperidine rings is 1. The normalized spacial score (nSPS) is 22.1. The van der Waals surface area contributed by atoms with Gasteiger partial charge in [-0.3, -0.25) is 4.79 Å². The number of nitrogens with two attached hydrogens (primary N) is 1. The number of nitrogens with zero attached hydrogens (tertiary/aromatic N) is 1. The van der Waals surface area contributed by atoms with Crippen molar-refractivity contribution in [1.29, 1.82) is 0 Å². The highest BCUT2D eigenvalue weighted by molar-refractivity contribution is 8.16. The second-order valence-electron chi connectivity index (χ2n) is 6.54. The quantitative estimate of drug-likeness (QED) is 0.902. The highest BCUT2D eigenvalue weighted by Crippen LogP contribution is 2.43. The second-order valence-corrected chi connectivity index (χ2v) is 9.26. The van der Waals surface area contributed by atoms with Crippen LogP contribution in [0, 0.1) is 5.92 Å². The van der Waals surface area contributed by atoms with Gasteiger partial charge < -0.3 is 10.6 Å². The first-order valence-corrected chi connectivity index (χ1v) is 10.6. The standard InChI is InChI=1S/C18H26N2OS2/c1-13(19)14-7-9-20(10-8-14)17(21)15-3-5-16(6-4-15)18-22-11-2-12-23-18/h3-6,13-14,18H,2,7-12,19H2,1H3. The number of rotatable bonds is 3. The number of likely N-dealkylation sites (tertiary alicyclic amines) is 1. The summed E-state index contributed by atoms with van der Waals surface area (Å²) in [5, 5.41) is 0. The number of amides is 1. The van der Waals surface area contributed by atoms with Gasteiger partial charge in [-0.15, -0.1) is 23.5 Å². The maximum absolute atomic E-state index is 12.6. The summed E-state index contributed by atoms with van der Waals surface area (Å²) >= 11 is 4.03. The molecule has 0 bridgehead atoms. The summed E-state index contributed by atoms with van der Waals surface area (Å²) in [6.45, 7) is 3.74. The molecule has 2 N–H and O–H groups in total. The van der Waals surface area contributed by atoms with Crippen LogP contribution in [0.3, 0.4) is 0 Å². The number of thioether (sulfide) groups is 2. The van der Waals surface area contributed by atoms with Crippen LogP contribution in [0.2, 0.25) is 0 Å². The molecule has 1 unspecified atom stereocenters. The van der Waals surface area contributed by atoms with Gasteiger partial charge in [0.05, 0.1) is 4.58 Å². The highest BCUT2D eigenvalue weighted by Gasteiger charge is 2.25. The molecule has 1 amide bonds. The molecule has 2 fully saturated rings. The van der Waals surface area contributed by atoms with Gasteiger partial charge in [-0.2, -0.15) is 0 Å². The van der Waals surface area contributed by atoms with E-state index in [1.54, 1.807) is 0 Å². The molecule has 1 aromatic rings. The van der Waals surface area contributed by atoms with E-state index < -0.39 is 0 Å². The summed E-state index contributed by atoms with van der Waals surface area (Å²) in [5.74, 6) is 3.21. The van der Waals surface area contributed by atoms with E-state index in [1.165, 1.54) is 23.5 Å². The first-order chi connectivity index (χ1) is 11.1. The van der Waals surface area contributed by atoms with E-state index in [-0.39, 0.29) is 11.9 Å². The summed E-state index contributed by atoms with van der Waals surface area (Å²) in [6.07, 6.45) is 3.35. The van der Waals surface area contributed by atoms with Crippen molar-refractivity contribution in [3.05, 3.63) is 35.4 Å². The van der Waals surface area contributed by atoms with E-state index in [4.69, 9.17) is 5.73 Å². The Morgan fingerprint density at radius 2 is 1.78 bits per heavy atom. The van der Waals surface area contributed by atoms with Gasteiger partial charge >= 0.3 is 0 Å². The maximum Gasteiger partial charge on any atom is 0.253 e. The Labute approximate surface area is 147 Å². The van der Waals surface area contributed by atoms with Gasteiger partial charge in [-0.05, 0) is 61.3 Å². The minimum absolute atomic E-state index is 0.170. The summed E-state index contributed by atoms with van der Waals surface area (Å²) in [5.41, 5.74) is 8.14. The number of hydrogen-bond acceptors (Lipinski definition) is 4. The van der Waals surface area contributed by atoms with E-state index >= 15 is 0 Å². The molecule has 3 nitrogen and oxygen atoms in total. The Hall–Kier alpha value is -0.650. The third-order valence-electron chi connectivity index (χ3n) is 4.83. The fraction of sp³-hybridized carbons (Fsp3) is 0.611. The number of carbonyl (C=O) groups excluding carboxylic acids is 1. The van der Waals surface area contributed by atoms with Crippen LogP contribution in [-0.2, 0) is 0 Å². The van der Waals surface area contributed by atoms with Crippen LogP contribution in [0.1, 0.15) is 46.7 Å². The number of carbonyl (C=O) groups is 1. The van der Waals surface area contributed by atoms with Gasteiger partial charge in [0, 0.05) is 24.7 Å². The molecule has 2 aliphatic heterocycles. The molecule has 2 aliphatic rings. The first kappa shape index (κ1) is 17.2. The Kier molecular flexibility index (Phi) is 5.94. The van der Waals surface area contributed by atoms with Crippen molar-refractivity contribution in [1.82, 2.24) is 4.90 Å². The van der Waals surface area contributed by atoms with Gasteiger partial charge in [-0.25, -0.2) is 0 Å². The minimum atomic E-state index is 0.170. The summed E-state index contributed by atoms with van der Waals surface area (Å²) in [6, 6.07) is 8.52. The van der Waals surface area contributed by atoms with Crippen LogP contribution in [0.25, 0.3) is 0 Å². The van der Waals surface area contributed by atoms with Crippen LogP contribution in [0.5, 0.6) is 0 Å². The topological polar surface area (TPSA) is 46.3 Å². The number of hydrogen-bond donors (Lipinski definition) is 1. The maximum atomic E-state index is 12.6. The van der Waals surface area contributed by atoms with Gasteiger partial charge in [0.2, 0.25) is 0 Å². The Morgan fingerprint density at radius 1 is 1.17 bits per heavy atom. The molecule has 1 atom stereocenters. The summed E-state index contributed by atoms with van der Waals surface area (Å²) in [4.78, 5) is 14.6. The van der Waals surface area contributed by atoms with E-state index in [0.29, 0.717) is 10.5 Å². The second kappa shape index (κ2) is 7.95. The molecule has 2 saturated heterocycles. The molecule has 0 aromatic heterocycles. The Morgan fingerprint density at radius 3 is 2.35 bits per heavy atom. The lowest BCUT2D eigenvalue weighted by Crippen LogP contribution is -2.42. The van der Waals surface area contributed by atoms with Crippen LogP contribution < -0.4 is 5.73 Å². The molecular weight excluding hydrogens is 324 g/mol. The molecule has 2 heterocycles. The van der Waals surface area contributed by atoms with Crippen LogP contribution in [-0.4, -0.2) is 41.4 Å². The van der Waals surface area contributed by atoms with Crippen molar-refractivity contribution < 1.29 is 4.79 Å². The lowest BCUT2D eigenvalue weighted by atomic mass is 9.90. The molecule has 3 rings (SSSR count). The van der Waals surface area contributed by atoms with Gasteiger partial charge in [0.15, 0.2) is 0 Å². The summed E-state index contributed by atoms with van der Waals surface area (Å²) in [7, 11) is 0. The third-order valence-corrected chi connectivity index (χ3v) is 7.84. The highest BCUT2D eigenvalue weighted by atomic mass is 32.2. The van der Waals surface area contributed by atoms with Crippen LogP contribution in [0.15, 0.2) is 24.3 Å². The Bertz CT molecular complexity index is 518. The van der Waals surface area contributed by atoms with Crippen molar-refractivity contribution >= 4 is 29.4 Å². The monoisotopic (exact) mass is 350 g/mol. The summed E-state index contributed by atoms with van der Waals surface area (Å²) < 4.78 is 0.537. The SMILES string of the molecule is CC(N)C1CCN(C(=O)c2ccc(C3SCCCS3)cc2)CC1. The lowest BCUT2D eigenvalue weighted by Gasteiger charge is -2.33. The molecule has 0 saturated carbocycles. The smallest absolute Gasteiger partial charge is 0.253 e. The average molecular weight is 351 g/mol. The van der Waals surface area contributed by atoms with E-state index in [1.807, 2.05) is 40.6 Å². The molecule has 0 radical (unpaired) electrons. The predicted molar refractivity (Wildman–Crippen MR) is 101 cm³/mol. The van der Waals surface area contributed by atoms with Gasteiger partial charge in [0.1, 0.15) is 0 Å². The van der Waals surface area contributed by atoms with E-state index in [2.05, 4.69) is 19.1 Å². The van der Waals surface area contributed by atoms with E-state index in [0.717, 1.165) is 31.5 Å². The molecule has 0 aliphatic carbocycles. The van der Waals surface area contributed by atoms with Gasteiger partial charge in [0.25, 0.3) is 5.91 Å². The van der Waals surface area contributed by atoms with Crippen molar-refractivity contribution in [2.75, 3.05) is 24.6 Å². The van der Waals surface area contributed by atoms with Crippen LogP contribution in [0.4, 0.5) is 0 Å². The molecule has 126 valence electrons. The Balaban J connectivity index is 1.59. The third kappa shape index (κ3) is 4.25. The zero-order chi connectivity index (χ0) is 16.2. The number of benzene rings is 1. The zero-order valence-corrected chi connectivity index (χ0v) is 15.4. The largest absolute Gasteiger partial charge is 0.339 e. The lowest BCUT2D eigenvalue weighted by molar-refractivity contribution is 0.0681. The van der Waals surface area contributed by atoms with Gasteiger partial charge in [-0.1, -0.05) is 12.1 Å². The molecule has 0 spiro atoms. The average Bonchev–Trinajstić information content (AvgIpc) is 2.62. The van der Waals surface area contributed by atoms with Crippen molar-refractivity contribution in [3.63, 3.8) is 0 Å². The van der Waals surface area contributed by atoms with Crippen molar-refractivity contribution in [3.8, 4) is 0 Å². The fourth-order valence-corrected chi connectivity index (χ4v) is 6.17. The molecule has 5 heteroatoms. The molecular formula is C18H26N2OS2. The zero-order valence-electron chi connectivity index (χ0n) is 13.7. The minimum Gasteiger partial charge on any atom is -0.339 e. The van der Waals surface area contributed by atoms with Crippen LogP contribution >= 0.6 is 23.5 Å². The first-order valence-electron chi connectivity index (χ1n) is 8.53.